The van der Waals surface area contributed by atoms with Gasteiger partial charge in [0.2, 0.25) is 0 Å². The lowest BCUT2D eigenvalue weighted by Gasteiger charge is -2.23. The van der Waals surface area contributed by atoms with Crippen molar-refractivity contribution in [2.24, 2.45) is 0 Å². The molecule has 0 unspecified atom stereocenters. The van der Waals surface area contributed by atoms with Crippen molar-refractivity contribution in [3.8, 4) is 11.1 Å². The molecule has 0 aliphatic carbocycles. The molecule has 8 heteroatoms. The molecule has 0 bridgehead atoms. The zero-order chi connectivity index (χ0) is 28.6. The van der Waals surface area contributed by atoms with Gasteiger partial charge in [-0.2, -0.15) is 13.2 Å². The Hall–Kier alpha value is -5.11. The molecule has 1 aliphatic heterocycles. The van der Waals surface area contributed by atoms with Gasteiger partial charge in [-0.15, -0.1) is 0 Å². The lowest BCUT2D eigenvalue weighted by Crippen LogP contribution is -2.30. The van der Waals surface area contributed by atoms with E-state index in [0.717, 1.165) is 29.1 Å². The highest BCUT2D eigenvalue weighted by molar-refractivity contribution is 6.09. The highest BCUT2D eigenvalue weighted by atomic mass is 19.4. The second kappa shape index (κ2) is 10.5. The third-order valence-electron chi connectivity index (χ3n) is 7.20. The molecule has 1 aromatic heterocycles. The summed E-state index contributed by atoms with van der Waals surface area (Å²) in [5, 5.41) is 2.84. The minimum absolute atomic E-state index is 0.155. The van der Waals surface area contributed by atoms with Crippen LogP contribution in [-0.2, 0) is 19.3 Å². The Kier molecular flexibility index (Phi) is 6.67. The second-order valence-electron chi connectivity index (χ2n) is 9.80. The van der Waals surface area contributed by atoms with Crippen LogP contribution >= 0.6 is 0 Å². The van der Waals surface area contributed by atoms with Crippen LogP contribution in [-0.4, -0.2) is 16.4 Å². The Morgan fingerprint density at radius 2 is 1.44 bits per heavy atom. The summed E-state index contributed by atoms with van der Waals surface area (Å²) < 4.78 is 41.1. The van der Waals surface area contributed by atoms with Gasteiger partial charge in [0.25, 0.3) is 11.8 Å². The van der Waals surface area contributed by atoms with E-state index >= 15 is 0 Å². The number of carbonyl (C=O) groups is 2. The Labute approximate surface area is 234 Å². The van der Waals surface area contributed by atoms with Gasteiger partial charge in [0, 0.05) is 40.9 Å². The van der Waals surface area contributed by atoms with Crippen LogP contribution in [0, 0.1) is 0 Å². The first kappa shape index (κ1) is 26.1. The SMILES string of the molecule is O=C(Nc1ccc(C(=O)N2Cc3cccn3Cc3ccccc32)cc1)c1ccccc1-c1ccc(C(F)(F)F)cc1. The fourth-order valence-electron chi connectivity index (χ4n) is 5.09. The third-order valence-corrected chi connectivity index (χ3v) is 7.20. The summed E-state index contributed by atoms with van der Waals surface area (Å²) in [7, 11) is 0. The van der Waals surface area contributed by atoms with Crippen LogP contribution in [0.5, 0.6) is 0 Å². The number of para-hydroxylation sites is 1. The van der Waals surface area contributed by atoms with E-state index in [0.29, 0.717) is 41.0 Å². The van der Waals surface area contributed by atoms with Crippen molar-refractivity contribution in [3.63, 3.8) is 0 Å². The first-order valence-corrected chi connectivity index (χ1v) is 13.0. The van der Waals surface area contributed by atoms with Crippen LogP contribution in [0.15, 0.2) is 115 Å². The van der Waals surface area contributed by atoms with Crippen molar-refractivity contribution < 1.29 is 22.8 Å². The maximum Gasteiger partial charge on any atom is 0.416 e. The zero-order valence-electron chi connectivity index (χ0n) is 21.7. The van der Waals surface area contributed by atoms with Crippen LogP contribution < -0.4 is 10.2 Å². The van der Waals surface area contributed by atoms with Gasteiger partial charge < -0.3 is 14.8 Å². The average Bonchev–Trinajstić information content (AvgIpc) is 3.35. The number of aromatic nitrogens is 1. The summed E-state index contributed by atoms with van der Waals surface area (Å²) in [6.07, 6.45) is -2.43. The number of carbonyl (C=O) groups excluding carboxylic acids is 2. The van der Waals surface area contributed by atoms with Crippen molar-refractivity contribution in [1.29, 1.82) is 0 Å². The predicted octanol–water partition coefficient (Wildman–Crippen LogP) is 7.63. The fraction of sp³-hybridized carbons (Fsp3) is 0.0909. The minimum atomic E-state index is -4.44. The van der Waals surface area contributed by atoms with Crippen molar-refractivity contribution >= 4 is 23.2 Å². The number of nitrogens with zero attached hydrogens (tertiary/aromatic N) is 2. The molecule has 6 rings (SSSR count). The fourth-order valence-corrected chi connectivity index (χ4v) is 5.09. The minimum Gasteiger partial charge on any atom is -0.345 e. The zero-order valence-corrected chi connectivity index (χ0v) is 21.7. The normalized spacial score (nSPS) is 12.7. The number of nitrogens with one attached hydrogen (secondary N) is 1. The lowest BCUT2D eigenvalue weighted by molar-refractivity contribution is -0.137. The molecular weight excluding hydrogens is 527 g/mol. The van der Waals surface area contributed by atoms with Crippen LogP contribution in [0.4, 0.5) is 24.5 Å². The Balaban J connectivity index is 1.21. The van der Waals surface area contributed by atoms with Gasteiger partial charge in [0.05, 0.1) is 12.1 Å². The van der Waals surface area contributed by atoms with Crippen LogP contribution in [0.2, 0.25) is 0 Å². The molecule has 0 saturated carbocycles. The number of hydrogen-bond donors (Lipinski definition) is 1. The van der Waals surface area contributed by atoms with E-state index in [1.54, 1.807) is 53.4 Å². The summed E-state index contributed by atoms with van der Waals surface area (Å²) >= 11 is 0. The van der Waals surface area contributed by atoms with E-state index in [1.165, 1.54) is 12.1 Å². The van der Waals surface area contributed by atoms with Crippen LogP contribution in [0.25, 0.3) is 11.1 Å². The molecule has 2 amide bonds. The molecule has 0 radical (unpaired) electrons. The van der Waals surface area contributed by atoms with Gasteiger partial charge in [-0.1, -0.05) is 48.5 Å². The standard InChI is InChI=1S/C33H24F3N3O2/c34-33(35,36)25-15-11-22(12-16-25)28-8-2-3-9-29(28)31(40)37-26-17-13-23(14-18-26)32(41)39-21-27-7-5-19-38(27)20-24-6-1-4-10-30(24)39/h1-19H,20-21H2,(H,37,40). The number of anilines is 2. The van der Waals surface area contributed by atoms with Gasteiger partial charge in [0.15, 0.2) is 0 Å². The quantitative estimate of drug-likeness (QED) is 0.250. The summed E-state index contributed by atoms with van der Waals surface area (Å²) in [4.78, 5) is 28.6. The second-order valence-corrected chi connectivity index (χ2v) is 9.80. The van der Waals surface area contributed by atoms with Gasteiger partial charge in [-0.3, -0.25) is 9.59 Å². The molecule has 0 atom stereocenters. The van der Waals surface area contributed by atoms with E-state index in [1.807, 2.05) is 42.6 Å². The molecule has 1 N–H and O–H groups in total. The van der Waals surface area contributed by atoms with Gasteiger partial charge in [0.1, 0.15) is 0 Å². The van der Waals surface area contributed by atoms with Crippen molar-refractivity contribution in [1.82, 2.24) is 4.57 Å². The molecule has 2 heterocycles. The molecule has 5 aromatic rings. The Bertz CT molecular complexity index is 1740. The average molecular weight is 552 g/mol. The maximum absolute atomic E-state index is 13.6. The van der Waals surface area contributed by atoms with Crippen molar-refractivity contribution in [2.45, 2.75) is 19.3 Å². The van der Waals surface area contributed by atoms with Crippen LogP contribution in [0.3, 0.4) is 0 Å². The number of amides is 2. The Morgan fingerprint density at radius 3 is 2.20 bits per heavy atom. The molecular formula is C33H24F3N3O2. The molecule has 1 aliphatic rings. The van der Waals surface area contributed by atoms with E-state index in [4.69, 9.17) is 0 Å². The lowest BCUT2D eigenvalue weighted by atomic mass is 9.98. The van der Waals surface area contributed by atoms with E-state index in [-0.39, 0.29) is 5.91 Å². The molecule has 4 aromatic carbocycles. The highest BCUT2D eigenvalue weighted by Crippen LogP contribution is 2.33. The molecule has 0 spiro atoms. The summed E-state index contributed by atoms with van der Waals surface area (Å²) in [5.41, 5.74) is 4.47. The number of benzene rings is 4. The van der Waals surface area contributed by atoms with E-state index in [9.17, 15) is 22.8 Å². The molecule has 0 fully saturated rings. The van der Waals surface area contributed by atoms with Crippen molar-refractivity contribution in [2.75, 3.05) is 10.2 Å². The van der Waals surface area contributed by atoms with Crippen molar-refractivity contribution in [3.05, 3.63) is 143 Å². The first-order valence-electron chi connectivity index (χ1n) is 13.0. The van der Waals surface area contributed by atoms with Crippen LogP contribution in [0.1, 0.15) is 37.5 Å². The number of hydrogen-bond acceptors (Lipinski definition) is 2. The maximum atomic E-state index is 13.6. The smallest absolute Gasteiger partial charge is 0.345 e. The molecule has 41 heavy (non-hydrogen) atoms. The number of rotatable bonds is 4. The number of fused-ring (bicyclic) bond motifs is 2. The first-order chi connectivity index (χ1) is 19.8. The summed E-state index contributed by atoms with van der Waals surface area (Å²) in [6.45, 7) is 1.11. The topological polar surface area (TPSA) is 54.3 Å². The predicted molar refractivity (Wildman–Crippen MR) is 152 cm³/mol. The van der Waals surface area contributed by atoms with E-state index < -0.39 is 17.6 Å². The molecule has 204 valence electrons. The Morgan fingerprint density at radius 1 is 0.732 bits per heavy atom. The molecule has 0 saturated heterocycles. The van der Waals surface area contributed by atoms with Gasteiger partial charge >= 0.3 is 6.18 Å². The third kappa shape index (κ3) is 5.24. The van der Waals surface area contributed by atoms with Gasteiger partial charge in [-0.05, 0) is 77.4 Å². The molecule has 5 nitrogen and oxygen atoms in total. The van der Waals surface area contributed by atoms with E-state index in [2.05, 4.69) is 9.88 Å². The monoisotopic (exact) mass is 551 g/mol. The summed E-state index contributed by atoms with van der Waals surface area (Å²) in [6, 6.07) is 29.9. The number of alkyl halides is 3. The number of halogens is 3. The summed E-state index contributed by atoms with van der Waals surface area (Å²) in [5.74, 6) is -0.570. The highest BCUT2D eigenvalue weighted by Gasteiger charge is 2.30. The largest absolute Gasteiger partial charge is 0.416 e. The van der Waals surface area contributed by atoms with Gasteiger partial charge in [-0.25, -0.2) is 0 Å².